The molecule has 10 heteroatoms. The molecular formula is C18H19N7O2S. The largest absolute Gasteiger partial charge is 0.325 e. The third kappa shape index (κ3) is 3.77. The van der Waals surface area contributed by atoms with Gasteiger partial charge in [0.05, 0.1) is 10.7 Å². The molecule has 1 saturated heterocycles. The number of carbonyl (C=O) groups excluding carboxylic acids is 2. The second kappa shape index (κ2) is 7.85. The number of rotatable bonds is 4. The Hall–Kier alpha value is -3.14. The van der Waals surface area contributed by atoms with Gasteiger partial charge in [-0.25, -0.2) is 9.67 Å². The molecule has 3 heterocycles. The summed E-state index contributed by atoms with van der Waals surface area (Å²) in [5.41, 5.74) is 1.86. The lowest BCUT2D eigenvalue weighted by molar-refractivity contribution is -0.121. The van der Waals surface area contributed by atoms with Crippen LogP contribution in [0.3, 0.4) is 0 Å². The Kier molecular flexibility index (Phi) is 5.11. The second-order valence-corrected chi connectivity index (χ2v) is 7.61. The lowest BCUT2D eigenvalue weighted by Gasteiger charge is -2.34. The molecule has 2 aromatic heterocycles. The van der Waals surface area contributed by atoms with Crippen LogP contribution in [0.1, 0.15) is 34.8 Å². The molecule has 0 aliphatic carbocycles. The van der Waals surface area contributed by atoms with E-state index in [2.05, 4.69) is 25.8 Å². The maximum Gasteiger partial charge on any atom is 0.274 e. The fourth-order valence-electron chi connectivity index (χ4n) is 3.26. The van der Waals surface area contributed by atoms with Crippen molar-refractivity contribution in [3.05, 3.63) is 46.7 Å². The molecule has 28 heavy (non-hydrogen) atoms. The Morgan fingerprint density at radius 3 is 2.71 bits per heavy atom. The van der Waals surface area contributed by atoms with Crippen LogP contribution in [0.15, 0.2) is 36.0 Å². The highest BCUT2D eigenvalue weighted by Gasteiger charge is 2.33. The number of nitrogens with one attached hydrogen (secondary N) is 1. The van der Waals surface area contributed by atoms with E-state index in [1.54, 1.807) is 22.4 Å². The van der Waals surface area contributed by atoms with E-state index < -0.39 is 6.04 Å². The molecule has 1 fully saturated rings. The number of anilines is 1. The highest BCUT2D eigenvalue weighted by molar-refractivity contribution is 7.09. The summed E-state index contributed by atoms with van der Waals surface area (Å²) in [4.78, 5) is 31.6. The van der Waals surface area contributed by atoms with Crippen molar-refractivity contribution >= 4 is 28.8 Å². The van der Waals surface area contributed by atoms with Crippen LogP contribution in [-0.4, -0.2) is 54.5 Å². The van der Waals surface area contributed by atoms with Crippen molar-refractivity contribution in [1.82, 2.24) is 30.1 Å². The molecule has 1 aliphatic rings. The molecule has 1 atom stereocenters. The fraction of sp³-hybridized carbons (Fsp3) is 0.333. The molecule has 0 unspecified atom stereocenters. The van der Waals surface area contributed by atoms with Gasteiger partial charge in [-0.15, -0.1) is 16.4 Å². The number of amides is 2. The summed E-state index contributed by atoms with van der Waals surface area (Å²) in [6.45, 7) is 2.42. The van der Waals surface area contributed by atoms with Crippen molar-refractivity contribution in [2.24, 2.45) is 0 Å². The molecule has 144 valence electrons. The first-order chi connectivity index (χ1) is 13.6. The van der Waals surface area contributed by atoms with Gasteiger partial charge >= 0.3 is 0 Å². The molecule has 0 spiro atoms. The van der Waals surface area contributed by atoms with Gasteiger partial charge in [-0.1, -0.05) is 0 Å². The van der Waals surface area contributed by atoms with Gasteiger partial charge in [0.1, 0.15) is 18.1 Å². The van der Waals surface area contributed by atoms with E-state index in [1.807, 2.05) is 19.1 Å². The second-order valence-electron chi connectivity index (χ2n) is 6.55. The summed E-state index contributed by atoms with van der Waals surface area (Å²) in [6, 6.07) is 6.70. The summed E-state index contributed by atoms with van der Waals surface area (Å²) in [5.74, 6) is -0.367. The van der Waals surface area contributed by atoms with Crippen molar-refractivity contribution in [2.75, 3.05) is 11.9 Å². The van der Waals surface area contributed by atoms with Gasteiger partial charge in [0.2, 0.25) is 5.91 Å². The van der Waals surface area contributed by atoms with Crippen molar-refractivity contribution in [1.29, 1.82) is 0 Å². The summed E-state index contributed by atoms with van der Waals surface area (Å²) >= 11 is 1.43. The van der Waals surface area contributed by atoms with Gasteiger partial charge in [0.15, 0.2) is 0 Å². The number of thiazole rings is 1. The van der Waals surface area contributed by atoms with Gasteiger partial charge in [-0.3, -0.25) is 9.59 Å². The molecule has 4 rings (SSSR count). The average molecular weight is 397 g/mol. The smallest absolute Gasteiger partial charge is 0.274 e. The highest BCUT2D eigenvalue weighted by Crippen LogP contribution is 2.22. The van der Waals surface area contributed by atoms with Crippen LogP contribution in [-0.2, 0) is 4.79 Å². The molecule has 0 radical (unpaired) electrons. The Morgan fingerprint density at radius 1 is 1.21 bits per heavy atom. The van der Waals surface area contributed by atoms with E-state index in [-0.39, 0.29) is 11.8 Å². The van der Waals surface area contributed by atoms with E-state index in [9.17, 15) is 9.59 Å². The van der Waals surface area contributed by atoms with Crippen molar-refractivity contribution in [2.45, 2.75) is 32.2 Å². The van der Waals surface area contributed by atoms with Gasteiger partial charge in [0.25, 0.3) is 5.91 Å². The number of likely N-dealkylation sites (tertiary alicyclic amines) is 1. The number of aryl methyl sites for hydroxylation is 1. The maximum atomic E-state index is 12.9. The molecular weight excluding hydrogens is 378 g/mol. The van der Waals surface area contributed by atoms with E-state index in [0.29, 0.717) is 24.3 Å². The standard InChI is InChI=1S/C18H19N7O2S/c1-12-20-15(10-28-12)18(27)24-9-3-2-4-16(24)17(26)21-13-5-7-14(8-6-13)25-11-19-22-23-25/h5-8,10-11,16H,2-4,9H2,1H3,(H,21,26)/t16-/m1/s1. The van der Waals surface area contributed by atoms with E-state index in [0.717, 1.165) is 23.5 Å². The van der Waals surface area contributed by atoms with Crippen LogP contribution < -0.4 is 5.32 Å². The SMILES string of the molecule is Cc1nc(C(=O)N2CCCC[C@@H]2C(=O)Nc2ccc(-n3cnnn3)cc2)cs1. The Balaban J connectivity index is 1.47. The monoisotopic (exact) mass is 397 g/mol. The predicted molar refractivity (Wildman–Crippen MR) is 103 cm³/mol. The minimum atomic E-state index is -0.498. The minimum Gasteiger partial charge on any atom is -0.325 e. The quantitative estimate of drug-likeness (QED) is 0.722. The van der Waals surface area contributed by atoms with E-state index in [4.69, 9.17) is 0 Å². The number of hydrogen-bond donors (Lipinski definition) is 1. The first-order valence-electron chi connectivity index (χ1n) is 8.99. The topological polar surface area (TPSA) is 106 Å². The zero-order chi connectivity index (χ0) is 19.5. The molecule has 1 N–H and O–H groups in total. The van der Waals surface area contributed by atoms with Gasteiger partial charge in [0, 0.05) is 17.6 Å². The first kappa shape index (κ1) is 18.2. The fourth-order valence-corrected chi connectivity index (χ4v) is 3.85. The average Bonchev–Trinajstić information content (AvgIpc) is 3.40. The Labute approximate surface area is 165 Å². The number of hydrogen-bond acceptors (Lipinski definition) is 7. The zero-order valence-electron chi connectivity index (χ0n) is 15.3. The number of aromatic nitrogens is 5. The lowest BCUT2D eigenvalue weighted by Crippen LogP contribution is -2.50. The Morgan fingerprint density at radius 2 is 2.04 bits per heavy atom. The van der Waals surface area contributed by atoms with Crippen LogP contribution in [0, 0.1) is 6.92 Å². The molecule has 0 bridgehead atoms. The van der Waals surface area contributed by atoms with Crippen molar-refractivity contribution in [3.63, 3.8) is 0 Å². The number of nitrogens with zero attached hydrogens (tertiary/aromatic N) is 6. The first-order valence-corrected chi connectivity index (χ1v) is 9.87. The third-order valence-electron chi connectivity index (χ3n) is 4.65. The van der Waals surface area contributed by atoms with Crippen LogP contribution in [0.5, 0.6) is 0 Å². The van der Waals surface area contributed by atoms with E-state index >= 15 is 0 Å². The number of tetrazole rings is 1. The van der Waals surface area contributed by atoms with Gasteiger partial charge < -0.3 is 10.2 Å². The summed E-state index contributed by atoms with van der Waals surface area (Å²) in [5, 5.41) is 16.5. The van der Waals surface area contributed by atoms with E-state index in [1.165, 1.54) is 22.3 Å². The molecule has 1 aromatic carbocycles. The highest BCUT2D eigenvalue weighted by atomic mass is 32.1. The maximum absolute atomic E-state index is 12.9. The van der Waals surface area contributed by atoms with Gasteiger partial charge in [-0.2, -0.15) is 0 Å². The predicted octanol–water partition coefficient (Wildman–Crippen LogP) is 2.06. The van der Waals surface area contributed by atoms with Crippen LogP contribution in [0.25, 0.3) is 5.69 Å². The third-order valence-corrected chi connectivity index (χ3v) is 5.43. The lowest BCUT2D eigenvalue weighted by atomic mass is 10.0. The summed E-state index contributed by atoms with van der Waals surface area (Å²) in [6.07, 6.45) is 3.94. The number of carbonyl (C=O) groups is 2. The van der Waals surface area contributed by atoms with Crippen molar-refractivity contribution < 1.29 is 9.59 Å². The minimum absolute atomic E-state index is 0.182. The van der Waals surface area contributed by atoms with Crippen LogP contribution in [0.4, 0.5) is 5.69 Å². The molecule has 2 amide bonds. The van der Waals surface area contributed by atoms with Crippen LogP contribution in [0.2, 0.25) is 0 Å². The number of piperidine rings is 1. The normalized spacial score (nSPS) is 16.8. The molecule has 3 aromatic rings. The summed E-state index contributed by atoms with van der Waals surface area (Å²) in [7, 11) is 0. The molecule has 9 nitrogen and oxygen atoms in total. The van der Waals surface area contributed by atoms with Gasteiger partial charge in [-0.05, 0) is 60.9 Å². The summed E-state index contributed by atoms with van der Waals surface area (Å²) < 4.78 is 1.53. The molecule has 1 aliphatic heterocycles. The van der Waals surface area contributed by atoms with Crippen LogP contribution >= 0.6 is 11.3 Å². The number of benzene rings is 1. The zero-order valence-corrected chi connectivity index (χ0v) is 16.1. The van der Waals surface area contributed by atoms with Crippen molar-refractivity contribution in [3.8, 4) is 5.69 Å². The Bertz CT molecular complexity index is 968. The molecule has 0 saturated carbocycles.